The maximum atomic E-state index is 10.6. The minimum absolute atomic E-state index is 0.465. The van der Waals surface area contributed by atoms with E-state index in [4.69, 9.17) is 21.1 Å². The smallest absolute Gasteiger partial charge is 0.162 e. The lowest BCUT2D eigenvalue weighted by molar-refractivity contribution is 0.169. The van der Waals surface area contributed by atoms with E-state index in [2.05, 4.69) is 15.9 Å². The first kappa shape index (κ1) is 14.7. The lowest BCUT2D eigenvalue weighted by Crippen LogP contribution is -2.16. The molecule has 5 heteroatoms. The van der Waals surface area contributed by atoms with Gasteiger partial charge < -0.3 is 14.6 Å². The van der Waals surface area contributed by atoms with Crippen LogP contribution in [0.2, 0.25) is 5.02 Å². The molecule has 0 spiro atoms. The van der Waals surface area contributed by atoms with Crippen molar-refractivity contribution in [3.63, 3.8) is 0 Å². The standard InChI is InChI=1S/C16H14BrClO3/c1-9-6-10(2-3-12(9)17)16(19)11-7-14-15(8-13(11)18)21-5-4-20-14/h2-3,6-8,16,19H,4-5H2,1H3. The van der Waals surface area contributed by atoms with Crippen molar-refractivity contribution in [2.75, 3.05) is 13.2 Å². The SMILES string of the molecule is Cc1cc(C(O)c2cc3c(cc2Cl)OCCO3)ccc1Br. The highest BCUT2D eigenvalue weighted by molar-refractivity contribution is 9.10. The van der Waals surface area contributed by atoms with Crippen LogP contribution in [0, 0.1) is 6.92 Å². The highest BCUT2D eigenvalue weighted by atomic mass is 79.9. The zero-order valence-corrected chi connectivity index (χ0v) is 13.7. The lowest BCUT2D eigenvalue weighted by atomic mass is 9.99. The Labute approximate surface area is 136 Å². The second-order valence-electron chi connectivity index (χ2n) is 4.93. The van der Waals surface area contributed by atoms with Crippen LogP contribution in [0.4, 0.5) is 0 Å². The summed E-state index contributed by atoms with van der Waals surface area (Å²) in [5, 5.41) is 11.1. The van der Waals surface area contributed by atoms with Crippen LogP contribution in [0.1, 0.15) is 22.8 Å². The van der Waals surface area contributed by atoms with E-state index in [1.54, 1.807) is 12.1 Å². The number of aliphatic hydroxyl groups is 1. The summed E-state index contributed by atoms with van der Waals surface area (Å²) < 4.78 is 12.0. The molecule has 0 aliphatic carbocycles. The Kier molecular flexibility index (Phi) is 4.11. The van der Waals surface area contributed by atoms with Crippen LogP contribution >= 0.6 is 27.5 Å². The second kappa shape index (κ2) is 5.87. The average Bonchev–Trinajstić information content (AvgIpc) is 2.48. The first-order valence-electron chi connectivity index (χ1n) is 6.59. The third-order valence-electron chi connectivity index (χ3n) is 3.45. The number of ether oxygens (including phenoxy) is 2. The van der Waals surface area contributed by atoms with Crippen molar-refractivity contribution >= 4 is 27.5 Å². The number of fused-ring (bicyclic) bond motifs is 1. The fraction of sp³-hybridized carbons (Fsp3) is 0.250. The molecule has 1 aliphatic rings. The van der Waals surface area contributed by atoms with Gasteiger partial charge in [-0.05, 0) is 30.2 Å². The fourth-order valence-electron chi connectivity index (χ4n) is 2.31. The van der Waals surface area contributed by atoms with Gasteiger partial charge in [0.1, 0.15) is 19.3 Å². The normalized spacial score (nSPS) is 14.9. The number of aryl methyl sites for hydroxylation is 1. The van der Waals surface area contributed by atoms with Crippen molar-refractivity contribution in [3.8, 4) is 11.5 Å². The van der Waals surface area contributed by atoms with Gasteiger partial charge >= 0.3 is 0 Å². The highest BCUT2D eigenvalue weighted by Gasteiger charge is 2.20. The van der Waals surface area contributed by atoms with Crippen LogP contribution < -0.4 is 9.47 Å². The van der Waals surface area contributed by atoms with Gasteiger partial charge in [0.15, 0.2) is 11.5 Å². The Morgan fingerprint density at radius 3 is 2.48 bits per heavy atom. The van der Waals surface area contributed by atoms with Gasteiger partial charge in [-0.3, -0.25) is 0 Å². The van der Waals surface area contributed by atoms with Crippen molar-refractivity contribution < 1.29 is 14.6 Å². The molecule has 2 aromatic rings. The number of rotatable bonds is 2. The molecule has 0 saturated heterocycles. The molecule has 1 unspecified atom stereocenters. The Bertz CT molecular complexity index is 687. The molecule has 1 aliphatic heterocycles. The molecular formula is C16H14BrClO3. The predicted octanol–water partition coefficient (Wildman–Crippen LogP) is 4.26. The molecule has 0 bridgehead atoms. The minimum atomic E-state index is -0.805. The first-order valence-corrected chi connectivity index (χ1v) is 7.76. The van der Waals surface area contributed by atoms with Gasteiger partial charge in [0.2, 0.25) is 0 Å². The summed E-state index contributed by atoms with van der Waals surface area (Å²) in [4.78, 5) is 0. The summed E-state index contributed by atoms with van der Waals surface area (Å²) in [6, 6.07) is 9.16. The zero-order chi connectivity index (χ0) is 15.0. The molecule has 21 heavy (non-hydrogen) atoms. The van der Waals surface area contributed by atoms with Crippen molar-refractivity contribution in [1.29, 1.82) is 0 Å². The maximum absolute atomic E-state index is 10.6. The minimum Gasteiger partial charge on any atom is -0.486 e. The molecule has 3 nitrogen and oxygen atoms in total. The van der Waals surface area contributed by atoms with E-state index in [9.17, 15) is 5.11 Å². The van der Waals surface area contributed by atoms with E-state index in [1.807, 2.05) is 25.1 Å². The average molecular weight is 370 g/mol. The molecule has 110 valence electrons. The molecule has 1 N–H and O–H groups in total. The van der Waals surface area contributed by atoms with Gasteiger partial charge in [-0.1, -0.05) is 39.7 Å². The van der Waals surface area contributed by atoms with Crippen molar-refractivity contribution in [2.45, 2.75) is 13.0 Å². The van der Waals surface area contributed by atoms with Crippen molar-refractivity contribution in [1.82, 2.24) is 0 Å². The van der Waals surface area contributed by atoms with E-state index in [0.29, 0.717) is 35.3 Å². The molecule has 0 fully saturated rings. The molecule has 2 aromatic carbocycles. The van der Waals surface area contributed by atoms with Crippen molar-refractivity contribution in [2.24, 2.45) is 0 Å². The molecule has 1 atom stereocenters. The van der Waals surface area contributed by atoms with E-state index >= 15 is 0 Å². The Balaban J connectivity index is 2.00. The molecule has 0 aromatic heterocycles. The first-order chi connectivity index (χ1) is 10.1. The van der Waals surface area contributed by atoms with E-state index < -0.39 is 6.10 Å². The van der Waals surface area contributed by atoms with Gasteiger partial charge in [-0.25, -0.2) is 0 Å². The quantitative estimate of drug-likeness (QED) is 0.859. The van der Waals surface area contributed by atoms with Crippen molar-refractivity contribution in [3.05, 3.63) is 56.5 Å². The third-order valence-corrected chi connectivity index (χ3v) is 4.67. The topological polar surface area (TPSA) is 38.7 Å². The molecule has 0 saturated carbocycles. The molecule has 3 rings (SSSR count). The summed E-state index contributed by atoms with van der Waals surface area (Å²) in [6.07, 6.45) is -0.805. The lowest BCUT2D eigenvalue weighted by Gasteiger charge is -2.21. The van der Waals surface area contributed by atoms with Gasteiger partial charge in [0, 0.05) is 16.1 Å². The van der Waals surface area contributed by atoms with E-state index in [1.165, 1.54) is 0 Å². The van der Waals surface area contributed by atoms with Crippen LogP contribution in [0.15, 0.2) is 34.8 Å². The van der Waals surface area contributed by atoms with E-state index in [0.717, 1.165) is 15.6 Å². The van der Waals surface area contributed by atoms with Crippen LogP contribution in [-0.4, -0.2) is 18.3 Å². The van der Waals surface area contributed by atoms with Crippen LogP contribution in [-0.2, 0) is 0 Å². The predicted molar refractivity (Wildman–Crippen MR) is 85.4 cm³/mol. The Morgan fingerprint density at radius 2 is 1.81 bits per heavy atom. The van der Waals surface area contributed by atoms with Gasteiger partial charge in [0.05, 0.1) is 5.02 Å². The Morgan fingerprint density at radius 1 is 1.14 bits per heavy atom. The Hall–Kier alpha value is -1.23. The highest BCUT2D eigenvalue weighted by Crippen LogP contribution is 2.39. The maximum Gasteiger partial charge on any atom is 0.162 e. The number of halogens is 2. The van der Waals surface area contributed by atoms with Gasteiger partial charge in [-0.15, -0.1) is 0 Å². The molecule has 0 amide bonds. The van der Waals surface area contributed by atoms with Gasteiger partial charge in [0.25, 0.3) is 0 Å². The number of benzene rings is 2. The molecular weight excluding hydrogens is 356 g/mol. The summed E-state index contributed by atoms with van der Waals surface area (Å²) in [6.45, 7) is 2.99. The molecule has 0 radical (unpaired) electrons. The summed E-state index contributed by atoms with van der Waals surface area (Å²) in [5.41, 5.74) is 2.46. The molecule has 1 heterocycles. The van der Waals surface area contributed by atoms with E-state index in [-0.39, 0.29) is 0 Å². The van der Waals surface area contributed by atoms with Crippen LogP contribution in [0.25, 0.3) is 0 Å². The summed E-state index contributed by atoms with van der Waals surface area (Å²) in [7, 11) is 0. The van der Waals surface area contributed by atoms with Crippen LogP contribution in [0.5, 0.6) is 11.5 Å². The van der Waals surface area contributed by atoms with Gasteiger partial charge in [-0.2, -0.15) is 0 Å². The summed E-state index contributed by atoms with van der Waals surface area (Å²) >= 11 is 9.73. The fourth-order valence-corrected chi connectivity index (χ4v) is 2.81. The zero-order valence-electron chi connectivity index (χ0n) is 11.4. The number of aliphatic hydroxyl groups excluding tert-OH is 1. The van der Waals surface area contributed by atoms with Crippen LogP contribution in [0.3, 0.4) is 0 Å². The number of hydrogen-bond acceptors (Lipinski definition) is 3. The largest absolute Gasteiger partial charge is 0.486 e. The second-order valence-corrected chi connectivity index (χ2v) is 6.19. The third kappa shape index (κ3) is 2.89. The monoisotopic (exact) mass is 368 g/mol. The summed E-state index contributed by atoms with van der Waals surface area (Å²) in [5.74, 6) is 1.24. The number of hydrogen-bond donors (Lipinski definition) is 1.